The maximum absolute atomic E-state index is 3.89. The van der Waals surface area contributed by atoms with E-state index >= 15 is 0 Å². The highest BCUT2D eigenvalue weighted by atomic mass is 28.3. The van der Waals surface area contributed by atoms with Crippen LogP contribution in [0, 0.1) is 22.9 Å². The zero-order chi connectivity index (χ0) is 18.3. The van der Waals surface area contributed by atoms with Gasteiger partial charge in [-0.1, -0.05) is 36.5 Å². The van der Waals surface area contributed by atoms with Crippen LogP contribution in [0.2, 0.25) is 36.3 Å². The summed E-state index contributed by atoms with van der Waals surface area (Å²) < 4.78 is 0. The summed E-state index contributed by atoms with van der Waals surface area (Å²) in [4.78, 5) is 0. The van der Waals surface area contributed by atoms with Crippen molar-refractivity contribution in [2.75, 3.05) is 0 Å². The maximum atomic E-state index is 3.89. The van der Waals surface area contributed by atoms with Crippen molar-refractivity contribution in [1.29, 1.82) is 0 Å². The summed E-state index contributed by atoms with van der Waals surface area (Å²) in [6.45, 7) is 23.3. The third-order valence-electron chi connectivity index (χ3n) is 3.93. The van der Waals surface area contributed by atoms with Gasteiger partial charge in [-0.3, -0.25) is 0 Å². The second-order valence-electron chi connectivity index (χ2n) is 6.02. The van der Waals surface area contributed by atoms with Gasteiger partial charge in [0.05, 0.1) is 0 Å². The molecular weight excluding hydrogens is 320 g/mol. The van der Waals surface area contributed by atoms with Crippen LogP contribution in [0.15, 0.2) is 75.9 Å². The second-order valence-corrected chi connectivity index (χ2v) is 14.1. The van der Waals surface area contributed by atoms with Gasteiger partial charge in [0.15, 0.2) is 16.1 Å². The van der Waals surface area contributed by atoms with E-state index in [1.807, 2.05) is 36.5 Å². The third-order valence-corrected chi connectivity index (χ3v) is 11.7. The molecule has 0 amide bonds. The van der Waals surface area contributed by atoms with Crippen LogP contribution in [0.5, 0.6) is 0 Å². The number of allylic oxidation sites excluding steroid dienone is 6. The minimum Gasteiger partial charge on any atom is -0.116 e. The van der Waals surface area contributed by atoms with Gasteiger partial charge in [-0.05, 0) is 48.1 Å². The first-order valence-electron chi connectivity index (χ1n) is 8.27. The number of rotatable bonds is 12. The zero-order valence-corrected chi connectivity index (χ0v) is 16.9. The quantitative estimate of drug-likeness (QED) is 0.227. The first-order chi connectivity index (χ1) is 11.6. The smallest absolute Gasteiger partial charge is 0.116 e. The molecular formula is C22H30Si2. The Balaban J connectivity index is 5.64. The van der Waals surface area contributed by atoms with Crippen molar-refractivity contribution in [3.8, 4) is 22.9 Å². The number of hydrogen-bond donors (Lipinski definition) is 0. The lowest BCUT2D eigenvalue weighted by Gasteiger charge is -2.21. The summed E-state index contributed by atoms with van der Waals surface area (Å²) >= 11 is 0. The average molecular weight is 351 g/mol. The largest absolute Gasteiger partial charge is 0.150 e. The van der Waals surface area contributed by atoms with Gasteiger partial charge in [0.25, 0.3) is 0 Å². The first kappa shape index (κ1) is 22.0. The van der Waals surface area contributed by atoms with Crippen LogP contribution in [0.4, 0.5) is 0 Å². The van der Waals surface area contributed by atoms with Crippen LogP contribution in [0.3, 0.4) is 0 Å². The fraction of sp³-hybridized carbons (Fsp3) is 0.273. The molecule has 0 N–H and O–H groups in total. The molecule has 0 bridgehead atoms. The summed E-state index contributed by atoms with van der Waals surface area (Å²) in [5, 5.41) is 0. The van der Waals surface area contributed by atoms with Crippen molar-refractivity contribution in [3.05, 3.63) is 75.9 Å². The summed E-state index contributed by atoms with van der Waals surface area (Å²) in [5.41, 5.74) is 6.96. The molecule has 0 aliphatic rings. The molecule has 0 saturated heterocycles. The third kappa shape index (κ3) is 7.51. The molecule has 0 aromatic rings. The molecule has 0 nitrogen and oxygen atoms in total. The highest BCUT2D eigenvalue weighted by Gasteiger charge is 2.28. The monoisotopic (exact) mass is 350 g/mol. The molecule has 0 atom stereocenters. The zero-order valence-electron chi connectivity index (χ0n) is 14.9. The Morgan fingerprint density at radius 2 is 0.667 bits per heavy atom. The van der Waals surface area contributed by atoms with Crippen LogP contribution in [-0.2, 0) is 0 Å². The Morgan fingerprint density at radius 3 is 0.833 bits per heavy atom. The van der Waals surface area contributed by atoms with Crippen molar-refractivity contribution < 1.29 is 0 Å². The van der Waals surface area contributed by atoms with Gasteiger partial charge < -0.3 is 0 Å². The van der Waals surface area contributed by atoms with Crippen molar-refractivity contribution in [1.82, 2.24) is 0 Å². The van der Waals surface area contributed by atoms with E-state index in [1.165, 1.54) is 0 Å². The van der Waals surface area contributed by atoms with E-state index in [-0.39, 0.29) is 0 Å². The van der Waals surface area contributed by atoms with Crippen molar-refractivity contribution in [2.24, 2.45) is 0 Å². The second kappa shape index (κ2) is 12.4. The SMILES string of the molecule is C=CC[Si](C#CC#C[Si](CC=C)(CC=C)CC=C)(CC=C)CC=C. The Bertz CT molecular complexity index is 480. The molecule has 0 radical (unpaired) electrons. The normalized spacial score (nSPS) is 10.2. The van der Waals surface area contributed by atoms with Gasteiger partial charge in [-0.2, -0.15) is 0 Å². The molecule has 0 aliphatic carbocycles. The molecule has 0 aromatic carbocycles. The van der Waals surface area contributed by atoms with Crippen LogP contribution < -0.4 is 0 Å². The summed E-state index contributed by atoms with van der Waals surface area (Å²) in [6, 6.07) is 5.63. The highest BCUT2D eigenvalue weighted by Crippen LogP contribution is 2.23. The lowest BCUT2D eigenvalue weighted by atomic mass is 10.7. The molecule has 126 valence electrons. The average Bonchev–Trinajstić information content (AvgIpc) is 2.53. The van der Waals surface area contributed by atoms with Crippen LogP contribution in [0.1, 0.15) is 0 Å². The Kier molecular flexibility index (Phi) is 11.4. The lowest BCUT2D eigenvalue weighted by Crippen LogP contribution is -2.31. The lowest BCUT2D eigenvalue weighted by molar-refractivity contribution is 1.40. The van der Waals surface area contributed by atoms with Crippen LogP contribution in [-0.4, -0.2) is 16.1 Å². The van der Waals surface area contributed by atoms with E-state index in [0.717, 1.165) is 36.3 Å². The highest BCUT2D eigenvalue weighted by molar-refractivity contribution is 6.89. The fourth-order valence-electron chi connectivity index (χ4n) is 2.79. The Labute approximate surface area is 151 Å². The van der Waals surface area contributed by atoms with Crippen LogP contribution in [0.25, 0.3) is 0 Å². The van der Waals surface area contributed by atoms with E-state index in [2.05, 4.69) is 62.4 Å². The Morgan fingerprint density at radius 1 is 0.458 bits per heavy atom. The van der Waals surface area contributed by atoms with E-state index in [4.69, 9.17) is 0 Å². The molecule has 0 aliphatic heterocycles. The van der Waals surface area contributed by atoms with Gasteiger partial charge in [0.1, 0.15) is 0 Å². The molecule has 24 heavy (non-hydrogen) atoms. The summed E-state index contributed by atoms with van der Waals surface area (Å²) in [6.07, 6.45) is 11.8. The Hall–Kier alpha value is -2.01. The molecule has 0 heterocycles. The topological polar surface area (TPSA) is 0 Å². The van der Waals surface area contributed by atoms with Crippen molar-refractivity contribution in [2.45, 2.75) is 36.3 Å². The van der Waals surface area contributed by atoms with Crippen molar-refractivity contribution in [3.63, 3.8) is 0 Å². The predicted octanol–water partition coefficient (Wildman–Crippen LogP) is 6.09. The molecule has 0 aromatic heterocycles. The van der Waals surface area contributed by atoms with Gasteiger partial charge >= 0.3 is 0 Å². The molecule has 0 saturated carbocycles. The van der Waals surface area contributed by atoms with Crippen molar-refractivity contribution >= 4 is 16.1 Å². The maximum Gasteiger partial charge on any atom is 0.150 e. The molecule has 0 rings (SSSR count). The van der Waals surface area contributed by atoms with E-state index in [9.17, 15) is 0 Å². The minimum atomic E-state index is -1.81. The van der Waals surface area contributed by atoms with Crippen LogP contribution >= 0.6 is 0 Å². The predicted molar refractivity (Wildman–Crippen MR) is 117 cm³/mol. The van der Waals surface area contributed by atoms with E-state index < -0.39 is 16.1 Å². The van der Waals surface area contributed by atoms with E-state index in [0.29, 0.717) is 0 Å². The summed E-state index contributed by atoms with van der Waals surface area (Å²) in [5.74, 6) is 6.30. The standard InChI is InChI=1S/C22H30Si2/c1-7-15-23(16-8-2,17-9-3)21-13-14-22-24(18-10-4,19-11-5)20-12-6/h7-12H,1-6,15-20H2. The number of hydrogen-bond acceptors (Lipinski definition) is 0. The molecule has 0 fully saturated rings. The molecule has 0 spiro atoms. The molecule has 0 unspecified atom stereocenters. The minimum absolute atomic E-state index is 0.939. The first-order valence-corrected chi connectivity index (χ1v) is 13.5. The van der Waals surface area contributed by atoms with Gasteiger partial charge in [-0.15, -0.1) is 50.6 Å². The fourth-order valence-corrected chi connectivity index (χ4v) is 8.37. The van der Waals surface area contributed by atoms with Gasteiger partial charge in [0, 0.05) is 0 Å². The summed E-state index contributed by atoms with van der Waals surface area (Å²) in [7, 11) is -3.62. The van der Waals surface area contributed by atoms with Gasteiger partial charge in [0.2, 0.25) is 0 Å². The van der Waals surface area contributed by atoms with Gasteiger partial charge in [-0.25, -0.2) is 0 Å². The molecule has 2 heteroatoms. The van der Waals surface area contributed by atoms with E-state index in [1.54, 1.807) is 0 Å².